The Labute approximate surface area is 99.1 Å². The number of hydrogen-bond acceptors (Lipinski definition) is 4. The van der Waals surface area contributed by atoms with Crippen molar-refractivity contribution in [2.75, 3.05) is 11.4 Å². The first kappa shape index (κ1) is 11.5. The zero-order valence-electron chi connectivity index (χ0n) is 9.80. The molecule has 1 fully saturated rings. The fourth-order valence-electron chi connectivity index (χ4n) is 1.73. The van der Waals surface area contributed by atoms with E-state index in [1.165, 1.54) is 11.2 Å². The summed E-state index contributed by atoms with van der Waals surface area (Å²) >= 11 is 0. The summed E-state index contributed by atoms with van der Waals surface area (Å²) < 4.78 is 0. The maximum atomic E-state index is 11.7. The van der Waals surface area contributed by atoms with Gasteiger partial charge in [0.25, 0.3) is 0 Å². The van der Waals surface area contributed by atoms with Gasteiger partial charge in [-0.2, -0.15) is 0 Å². The lowest BCUT2D eigenvalue weighted by Crippen LogP contribution is -2.50. The zero-order valence-corrected chi connectivity index (χ0v) is 9.80. The molecule has 1 aromatic heterocycles. The predicted molar refractivity (Wildman–Crippen MR) is 61.6 cm³/mol. The second-order valence-corrected chi connectivity index (χ2v) is 4.21. The van der Waals surface area contributed by atoms with Gasteiger partial charge in [0, 0.05) is 24.7 Å². The first-order valence-electron chi connectivity index (χ1n) is 5.51. The third-order valence-electron chi connectivity index (χ3n) is 2.65. The Bertz CT molecular complexity index is 459. The molecule has 6 heteroatoms. The van der Waals surface area contributed by atoms with Crippen molar-refractivity contribution in [3.8, 4) is 0 Å². The monoisotopic (exact) mass is 234 g/mol. The second kappa shape index (κ2) is 4.48. The summed E-state index contributed by atoms with van der Waals surface area (Å²) in [6, 6.07) is -0.415. The minimum atomic E-state index is -0.415. The normalized spacial score (nSPS) is 16.3. The van der Waals surface area contributed by atoms with Crippen molar-refractivity contribution in [2.45, 2.75) is 26.2 Å². The number of carbonyl (C=O) groups is 2. The molecule has 0 radical (unpaired) electrons. The molecule has 1 aromatic rings. The van der Waals surface area contributed by atoms with Crippen LogP contribution < -0.4 is 10.2 Å². The SMILES string of the molecule is CC(C)c1cncnc1N1CCC(=O)NC1=O. The summed E-state index contributed by atoms with van der Waals surface area (Å²) in [5.74, 6) is 0.558. The number of amides is 3. The molecule has 1 aliphatic rings. The molecule has 17 heavy (non-hydrogen) atoms. The number of imide groups is 1. The van der Waals surface area contributed by atoms with Gasteiger partial charge in [0.2, 0.25) is 5.91 Å². The molecule has 1 aliphatic heterocycles. The van der Waals surface area contributed by atoms with Gasteiger partial charge in [0.15, 0.2) is 0 Å². The Morgan fingerprint density at radius 3 is 2.82 bits per heavy atom. The summed E-state index contributed by atoms with van der Waals surface area (Å²) in [7, 11) is 0. The molecule has 0 atom stereocenters. The molecule has 0 bridgehead atoms. The van der Waals surface area contributed by atoms with E-state index in [9.17, 15) is 9.59 Å². The highest BCUT2D eigenvalue weighted by molar-refractivity contribution is 6.05. The van der Waals surface area contributed by atoms with E-state index in [0.717, 1.165) is 5.56 Å². The maximum Gasteiger partial charge on any atom is 0.329 e. The second-order valence-electron chi connectivity index (χ2n) is 4.21. The maximum absolute atomic E-state index is 11.7. The Morgan fingerprint density at radius 1 is 1.41 bits per heavy atom. The lowest BCUT2D eigenvalue weighted by atomic mass is 10.1. The van der Waals surface area contributed by atoms with Crippen molar-refractivity contribution in [1.82, 2.24) is 15.3 Å². The minimum absolute atomic E-state index is 0.219. The number of rotatable bonds is 2. The van der Waals surface area contributed by atoms with Crippen LogP contribution in [0, 0.1) is 0 Å². The molecule has 2 heterocycles. The van der Waals surface area contributed by atoms with Gasteiger partial charge in [-0.05, 0) is 5.92 Å². The van der Waals surface area contributed by atoms with Crippen LogP contribution >= 0.6 is 0 Å². The summed E-state index contributed by atoms with van der Waals surface area (Å²) in [6.07, 6.45) is 3.41. The summed E-state index contributed by atoms with van der Waals surface area (Å²) in [6.45, 7) is 4.38. The Morgan fingerprint density at radius 2 is 2.18 bits per heavy atom. The standard InChI is InChI=1S/C11H14N4O2/c1-7(2)8-5-12-6-13-10(8)15-4-3-9(16)14-11(15)17/h5-7H,3-4H2,1-2H3,(H,14,16,17). The van der Waals surface area contributed by atoms with Crippen LogP contribution in [0.15, 0.2) is 12.5 Å². The highest BCUT2D eigenvalue weighted by atomic mass is 16.2. The van der Waals surface area contributed by atoms with Crippen molar-refractivity contribution in [1.29, 1.82) is 0 Å². The average Bonchev–Trinajstić information content (AvgIpc) is 2.29. The Hall–Kier alpha value is -1.98. The van der Waals surface area contributed by atoms with E-state index >= 15 is 0 Å². The van der Waals surface area contributed by atoms with Gasteiger partial charge in [-0.25, -0.2) is 14.8 Å². The number of aromatic nitrogens is 2. The molecule has 90 valence electrons. The van der Waals surface area contributed by atoms with Crippen molar-refractivity contribution in [3.63, 3.8) is 0 Å². The molecule has 3 amide bonds. The summed E-state index contributed by atoms with van der Waals surface area (Å²) in [5.41, 5.74) is 0.900. The van der Waals surface area contributed by atoms with Gasteiger partial charge in [-0.3, -0.25) is 15.0 Å². The van der Waals surface area contributed by atoms with Crippen molar-refractivity contribution < 1.29 is 9.59 Å². The molecule has 6 nitrogen and oxygen atoms in total. The Kier molecular flexibility index (Phi) is 3.03. The molecular formula is C11H14N4O2. The van der Waals surface area contributed by atoms with E-state index < -0.39 is 6.03 Å². The molecular weight excluding hydrogens is 220 g/mol. The van der Waals surface area contributed by atoms with Crippen LogP contribution in [0.4, 0.5) is 10.6 Å². The fraction of sp³-hybridized carbons (Fsp3) is 0.455. The number of hydrogen-bond donors (Lipinski definition) is 1. The molecule has 0 spiro atoms. The van der Waals surface area contributed by atoms with Gasteiger partial charge in [-0.1, -0.05) is 13.8 Å². The average molecular weight is 234 g/mol. The predicted octanol–water partition coefficient (Wildman–Crippen LogP) is 1.05. The van der Waals surface area contributed by atoms with Crippen LogP contribution in [0.1, 0.15) is 31.7 Å². The zero-order chi connectivity index (χ0) is 12.4. The first-order valence-corrected chi connectivity index (χ1v) is 5.51. The van der Waals surface area contributed by atoms with Crippen LogP contribution in [0.25, 0.3) is 0 Å². The van der Waals surface area contributed by atoms with Crippen LogP contribution in [-0.2, 0) is 4.79 Å². The molecule has 2 rings (SSSR count). The highest BCUT2D eigenvalue weighted by Crippen LogP contribution is 2.25. The van der Waals surface area contributed by atoms with Crippen molar-refractivity contribution >= 4 is 17.8 Å². The van der Waals surface area contributed by atoms with Gasteiger partial charge in [-0.15, -0.1) is 0 Å². The van der Waals surface area contributed by atoms with E-state index in [-0.39, 0.29) is 11.8 Å². The van der Waals surface area contributed by atoms with E-state index in [4.69, 9.17) is 0 Å². The highest BCUT2D eigenvalue weighted by Gasteiger charge is 2.27. The van der Waals surface area contributed by atoms with Gasteiger partial charge in [0.1, 0.15) is 12.1 Å². The van der Waals surface area contributed by atoms with Crippen molar-refractivity contribution in [2.24, 2.45) is 0 Å². The number of nitrogens with zero attached hydrogens (tertiary/aromatic N) is 3. The summed E-state index contributed by atoms with van der Waals surface area (Å²) in [4.78, 5) is 32.4. The molecule has 1 saturated heterocycles. The molecule has 0 aliphatic carbocycles. The number of carbonyl (C=O) groups excluding carboxylic acids is 2. The molecule has 1 N–H and O–H groups in total. The van der Waals surface area contributed by atoms with E-state index in [2.05, 4.69) is 15.3 Å². The summed E-state index contributed by atoms with van der Waals surface area (Å²) in [5, 5.41) is 2.28. The van der Waals surface area contributed by atoms with Gasteiger partial charge >= 0.3 is 6.03 Å². The van der Waals surface area contributed by atoms with Crippen molar-refractivity contribution in [3.05, 3.63) is 18.1 Å². The number of nitrogens with one attached hydrogen (secondary N) is 1. The van der Waals surface area contributed by atoms with Crippen LogP contribution in [0.3, 0.4) is 0 Å². The van der Waals surface area contributed by atoms with E-state index in [0.29, 0.717) is 18.8 Å². The largest absolute Gasteiger partial charge is 0.329 e. The van der Waals surface area contributed by atoms with Crippen LogP contribution in [0.2, 0.25) is 0 Å². The van der Waals surface area contributed by atoms with Gasteiger partial charge in [0.05, 0.1) is 0 Å². The number of urea groups is 1. The van der Waals surface area contributed by atoms with Crippen LogP contribution in [0.5, 0.6) is 0 Å². The van der Waals surface area contributed by atoms with Crippen LogP contribution in [-0.4, -0.2) is 28.5 Å². The Balaban J connectivity index is 2.34. The van der Waals surface area contributed by atoms with E-state index in [1.54, 1.807) is 6.20 Å². The molecule has 0 saturated carbocycles. The first-order chi connectivity index (χ1) is 8.09. The quantitative estimate of drug-likeness (QED) is 0.829. The lowest BCUT2D eigenvalue weighted by Gasteiger charge is -2.27. The fourth-order valence-corrected chi connectivity index (χ4v) is 1.73. The molecule has 0 aromatic carbocycles. The topological polar surface area (TPSA) is 75.2 Å². The smallest absolute Gasteiger partial charge is 0.278 e. The third kappa shape index (κ3) is 2.25. The van der Waals surface area contributed by atoms with E-state index in [1.807, 2.05) is 13.8 Å². The number of anilines is 1. The third-order valence-corrected chi connectivity index (χ3v) is 2.65. The van der Waals surface area contributed by atoms with Gasteiger partial charge < -0.3 is 0 Å². The lowest BCUT2D eigenvalue weighted by molar-refractivity contribution is -0.120. The minimum Gasteiger partial charge on any atom is -0.278 e. The molecule has 0 unspecified atom stereocenters.